The Morgan fingerprint density at radius 2 is 1.65 bits per heavy atom. The van der Waals surface area contributed by atoms with E-state index in [1.165, 1.54) is 23.1 Å². The van der Waals surface area contributed by atoms with Crippen molar-refractivity contribution in [1.29, 1.82) is 0 Å². The summed E-state index contributed by atoms with van der Waals surface area (Å²) in [7, 11) is -4.10. The Kier molecular flexibility index (Phi) is 16.2. The van der Waals surface area contributed by atoms with Crippen LogP contribution in [0.1, 0.15) is 38.2 Å². The third-order valence-corrected chi connectivity index (χ3v) is 8.90. The Balaban J connectivity index is 0.000000243. The van der Waals surface area contributed by atoms with Crippen molar-refractivity contribution < 1.29 is 53.0 Å². The maximum absolute atomic E-state index is 12.7. The van der Waals surface area contributed by atoms with Crippen LogP contribution in [0.5, 0.6) is 11.5 Å². The first-order chi connectivity index (χ1) is 25.4. The van der Waals surface area contributed by atoms with Crippen LogP contribution in [0.3, 0.4) is 0 Å². The van der Waals surface area contributed by atoms with Gasteiger partial charge in [0.05, 0.1) is 30.0 Å². The van der Waals surface area contributed by atoms with Gasteiger partial charge in [-0.3, -0.25) is 34.4 Å². The number of nitrogens with two attached hydrogens (primary N) is 1. The van der Waals surface area contributed by atoms with Crippen molar-refractivity contribution in [2.24, 2.45) is 0 Å². The quantitative estimate of drug-likeness (QED) is 0.0258. The summed E-state index contributed by atoms with van der Waals surface area (Å²) in [5, 5.41) is 21.0. The lowest BCUT2D eigenvalue weighted by Crippen LogP contribution is -2.31. The number of aliphatic carboxylic acids is 1. The number of amides is 2. The number of ether oxygens (including phenoxy) is 2. The number of hydrogen-bond donors (Lipinski definition) is 5. The molecule has 0 aromatic heterocycles. The van der Waals surface area contributed by atoms with Gasteiger partial charge in [0.25, 0.3) is 17.5 Å². The highest BCUT2D eigenvalue weighted by atomic mass is 35.5. The molecule has 1 aliphatic carbocycles. The first-order valence-corrected chi connectivity index (χ1v) is 18.7. The number of hydrogen-bond acceptors (Lipinski definition) is 11. The molecule has 0 atom stereocenters. The number of esters is 1. The van der Waals surface area contributed by atoms with Crippen molar-refractivity contribution in [3.63, 3.8) is 0 Å². The summed E-state index contributed by atoms with van der Waals surface area (Å²) in [6.07, 6.45) is 3.85. The van der Waals surface area contributed by atoms with Crippen LogP contribution in [-0.4, -0.2) is 63.0 Å². The van der Waals surface area contributed by atoms with Gasteiger partial charge in [0, 0.05) is 22.2 Å². The summed E-state index contributed by atoms with van der Waals surface area (Å²) in [6.45, 7) is 1.44. The number of para-hydroxylation sites is 1. The van der Waals surface area contributed by atoms with E-state index in [0.717, 1.165) is 12.8 Å². The fraction of sp³-hybridized carbons (Fsp3) is 0.235. The highest BCUT2D eigenvalue weighted by Crippen LogP contribution is 2.39. The summed E-state index contributed by atoms with van der Waals surface area (Å²) < 4.78 is 20.4. The molecule has 3 aromatic carbocycles. The van der Waals surface area contributed by atoms with Crippen LogP contribution in [0.2, 0.25) is 10.0 Å². The highest BCUT2D eigenvalue weighted by Gasteiger charge is 2.39. The Hall–Kier alpha value is -4.80. The Morgan fingerprint density at radius 1 is 1.04 bits per heavy atom. The molecule has 6 N–H and O–H groups in total. The van der Waals surface area contributed by atoms with Crippen molar-refractivity contribution in [2.45, 2.75) is 32.6 Å². The number of carbonyl (C=O) groups is 4. The van der Waals surface area contributed by atoms with Crippen LogP contribution in [0.4, 0.5) is 17.1 Å². The van der Waals surface area contributed by atoms with Crippen LogP contribution < -0.4 is 20.7 Å². The molecule has 0 fully saturated rings. The first kappa shape index (κ1) is 43.6. The molecule has 0 bridgehead atoms. The minimum absolute atomic E-state index is 0.0352. The summed E-state index contributed by atoms with van der Waals surface area (Å²) in [4.78, 5) is 74.4. The number of imide groups is 1. The van der Waals surface area contributed by atoms with E-state index in [2.05, 4.69) is 5.32 Å². The number of nitro benzene ring substituents is 1. The predicted molar refractivity (Wildman–Crippen MR) is 201 cm³/mol. The molecule has 5 rings (SSSR count). The molecular weight excluding hydrogens is 794 g/mol. The van der Waals surface area contributed by atoms with Crippen molar-refractivity contribution in [3.05, 3.63) is 103 Å². The second-order valence-electron chi connectivity index (χ2n) is 11.2. The Morgan fingerprint density at radius 3 is 2.19 bits per heavy atom. The van der Waals surface area contributed by atoms with Crippen LogP contribution in [0.25, 0.3) is 6.08 Å². The molecule has 0 spiro atoms. The fourth-order valence-electron chi connectivity index (χ4n) is 4.88. The maximum Gasteiger partial charge on any atom is 0.349 e. The minimum Gasteiger partial charge on any atom is -0.480 e. The van der Waals surface area contributed by atoms with Crippen LogP contribution >= 0.6 is 42.4 Å². The standard InChI is InChI=1S/C19H17Cl2NO4.C12H9ClN2O3.C3H8NO5P/c1-2-26-19(25)16(21)10-11-9-12(7-8-15(11)20)22-17(23)13-5-3-4-6-14(13)18(22)24;13-11-10(18-8-4-2-1-3-5-8)7-6-9(12(11)14)15(16)17;5-3(6)1-4-2-10(7,8)9/h7-10H,2-6H2,1H3;1-7H,14H2;4H,1-2H2,(H,5,6)(H2,7,8,9)/b16-10-;;. The zero-order valence-electron chi connectivity index (χ0n) is 28.4. The molecule has 16 nitrogen and oxygen atoms in total. The number of nitrogens with zero attached hydrogens (tertiary/aromatic N) is 2. The van der Waals surface area contributed by atoms with E-state index in [1.807, 2.05) is 6.07 Å². The summed E-state index contributed by atoms with van der Waals surface area (Å²) in [5.41, 5.74) is 7.29. The molecule has 20 heteroatoms. The second kappa shape index (κ2) is 20.0. The third-order valence-electron chi connectivity index (χ3n) is 7.26. The van der Waals surface area contributed by atoms with Crippen LogP contribution in [-0.2, 0) is 28.5 Å². The van der Waals surface area contributed by atoms with Gasteiger partial charge < -0.3 is 30.1 Å². The third kappa shape index (κ3) is 12.4. The van der Waals surface area contributed by atoms with Crippen molar-refractivity contribution in [2.75, 3.05) is 30.1 Å². The predicted octanol–water partition coefficient (Wildman–Crippen LogP) is 6.65. The minimum atomic E-state index is -4.10. The van der Waals surface area contributed by atoms with Gasteiger partial charge in [0.1, 0.15) is 27.2 Å². The average Bonchev–Trinajstić information content (AvgIpc) is 3.37. The van der Waals surface area contributed by atoms with Crippen molar-refractivity contribution in [1.82, 2.24) is 5.32 Å². The lowest BCUT2D eigenvalue weighted by atomic mass is 9.93. The van der Waals surface area contributed by atoms with Crippen LogP contribution in [0.15, 0.2) is 76.8 Å². The average molecular weight is 828 g/mol. The molecule has 0 radical (unpaired) electrons. The number of nitro groups is 1. The van der Waals surface area contributed by atoms with Gasteiger partial charge >= 0.3 is 19.5 Å². The van der Waals surface area contributed by atoms with E-state index < -0.39 is 37.3 Å². The first-order valence-electron chi connectivity index (χ1n) is 15.8. The topological polar surface area (TPSA) is 249 Å². The fourth-order valence-corrected chi connectivity index (χ4v) is 5.82. The molecule has 1 aliphatic heterocycles. The number of rotatable bonds is 11. The van der Waals surface area contributed by atoms with E-state index in [0.29, 0.717) is 46.0 Å². The zero-order chi connectivity index (χ0) is 40.2. The monoisotopic (exact) mass is 826 g/mol. The van der Waals surface area contributed by atoms with Gasteiger partial charge in [-0.2, -0.15) is 0 Å². The maximum atomic E-state index is 12.7. The molecular formula is C34H34Cl3N4O12P. The van der Waals surface area contributed by atoms with Gasteiger partial charge in [-0.05, 0) is 80.6 Å². The number of nitrogen functional groups attached to an aromatic ring is 1. The smallest absolute Gasteiger partial charge is 0.349 e. The van der Waals surface area contributed by atoms with Crippen molar-refractivity contribution >= 4 is 89.3 Å². The molecule has 0 unspecified atom stereocenters. The van der Waals surface area contributed by atoms with E-state index in [9.17, 15) is 33.9 Å². The summed E-state index contributed by atoms with van der Waals surface area (Å²) in [5.74, 6) is -1.51. The number of nitrogens with one attached hydrogen (secondary N) is 1. The number of carboxylic acid groups (broad SMARTS) is 1. The lowest BCUT2D eigenvalue weighted by Gasteiger charge is -2.16. The van der Waals surface area contributed by atoms with E-state index >= 15 is 0 Å². The molecule has 2 amide bonds. The molecule has 3 aromatic rings. The largest absolute Gasteiger partial charge is 0.480 e. The SMILES string of the molecule is CCOC(=O)/C(Cl)=C/c1cc(N2C(=O)C3=C(CCCC3)C2=O)ccc1Cl.Nc1c([N+](=O)[O-])ccc(Oc2ccccc2)c1Cl.O=C(O)CNCP(=O)(O)O. The molecule has 54 heavy (non-hydrogen) atoms. The molecule has 288 valence electrons. The van der Waals surface area contributed by atoms with Gasteiger partial charge in [-0.15, -0.1) is 0 Å². The lowest BCUT2D eigenvalue weighted by molar-refractivity contribution is -0.383. The molecule has 2 aliphatic rings. The number of carboxylic acids is 1. The number of carbonyl (C=O) groups excluding carboxylic acids is 3. The molecule has 1 heterocycles. The Bertz CT molecular complexity index is 1990. The summed E-state index contributed by atoms with van der Waals surface area (Å²) in [6, 6.07) is 16.4. The van der Waals surface area contributed by atoms with Gasteiger partial charge in [-0.1, -0.05) is 53.0 Å². The highest BCUT2D eigenvalue weighted by molar-refractivity contribution is 7.51. The van der Waals surface area contributed by atoms with E-state index in [-0.39, 0.29) is 45.6 Å². The van der Waals surface area contributed by atoms with Gasteiger partial charge in [0.15, 0.2) is 0 Å². The number of benzene rings is 3. The number of halogens is 3. The second-order valence-corrected chi connectivity index (χ2v) is 14.0. The Labute approximate surface area is 323 Å². The summed E-state index contributed by atoms with van der Waals surface area (Å²) >= 11 is 18.1. The van der Waals surface area contributed by atoms with Crippen molar-refractivity contribution in [3.8, 4) is 11.5 Å². The molecule has 0 saturated carbocycles. The van der Waals surface area contributed by atoms with Gasteiger partial charge in [0.2, 0.25) is 0 Å². The number of anilines is 2. The van der Waals surface area contributed by atoms with Crippen LogP contribution in [0, 0.1) is 10.1 Å². The van der Waals surface area contributed by atoms with E-state index in [4.69, 9.17) is 64.9 Å². The van der Waals surface area contributed by atoms with E-state index in [1.54, 1.807) is 49.4 Å². The normalized spacial score (nSPS) is 14.0. The zero-order valence-corrected chi connectivity index (χ0v) is 31.5. The van der Waals surface area contributed by atoms with Gasteiger partial charge in [-0.25, -0.2) is 9.69 Å². The molecule has 0 saturated heterocycles.